The minimum Gasteiger partial charge on any atom is -0.470 e. The minimum absolute atomic E-state index is 0.0355. The van der Waals surface area contributed by atoms with Crippen LogP contribution in [0.2, 0.25) is 8.67 Å². The molecule has 0 bridgehead atoms. The molecular formula is C58H42Cl2F6N8O5S2. The zero-order valence-corrected chi connectivity index (χ0v) is 45.5. The number of halogens is 8. The number of carbonyl (C=O) groups is 2. The molecule has 81 heavy (non-hydrogen) atoms. The van der Waals surface area contributed by atoms with E-state index in [0.29, 0.717) is 66.4 Å². The van der Waals surface area contributed by atoms with Crippen molar-refractivity contribution in [2.24, 2.45) is 10.8 Å². The van der Waals surface area contributed by atoms with Gasteiger partial charge in [0, 0.05) is 60.0 Å². The Kier molecular flexibility index (Phi) is 14.6. The Hall–Kier alpha value is -7.72. The summed E-state index contributed by atoms with van der Waals surface area (Å²) in [7, 11) is 0. The molecule has 6 heterocycles. The third-order valence-corrected chi connectivity index (χ3v) is 16.7. The van der Waals surface area contributed by atoms with E-state index < -0.39 is 59.4 Å². The Balaban J connectivity index is 0.778. The predicted molar refractivity (Wildman–Crippen MR) is 292 cm³/mol. The van der Waals surface area contributed by atoms with Crippen molar-refractivity contribution in [2.75, 3.05) is 13.3 Å². The standard InChI is InChI=1S/C58H42Cl2F6N8O5S2/c59-47-23-67-53(80-47)25-77-51-5-1-3-41(71-51)35-21-37(63)33(15-39(35)65)19-49-69-43-9-7-31(17-45(43)73(49)29-57(27-61)11-12-57)55(75)79-56(76)32-8-10-44-46(18-32)74(30-58(28-62)13-14-58)50(70-44)20-34-16-40(66)36(22-38(34)64)42-4-2-6-52(72-42)78-26-54-68-24-48(60)81-54/h1-10,15-18,21-24H,11-14,19-20,25-30H2. The van der Waals surface area contributed by atoms with Crippen molar-refractivity contribution in [1.29, 1.82) is 0 Å². The Morgan fingerprint density at radius 1 is 0.556 bits per heavy atom. The fourth-order valence-electron chi connectivity index (χ4n) is 9.57. The zero-order chi connectivity index (χ0) is 56.2. The van der Waals surface area contributed by atoms with E-state index in [-0.39, 0.29) is 107 Å². The van der Waals surface area contributed by atoms with Gasteiger partial charge in [-0.15, -0.1) is 22.7 Å². The van der Waals surface area contributed by atoms with E-state index in [1.54, 1.807) is 33.4 Å². The molecule has 2 fully saturated rings. The lowest BCUT2D eigenvalue weighted by Crippen LogP contribution is -2.17. The first-order chi connectivity index (χ1) is 39.1. The first-order valence-electron chi connectivity index (χ1n) is 25.4. The average molecular weight is 1180 g/mol. The lowest BCUT2D eigenvalue weighted by atomic mass is 10.0. The molecule has 0 saturated heterocycles. The highest BCUT2D eigenvalue weighted by molar-refractivity contribution is 7.16. The fraction of sp³-hybridized carbons (Fsp3) is 0.241. The summed E-state index contributed by atoms with van der Waals surface area (Å²) in [4.78, 5) is 54.2. The van der Waals surface area contributed by atoms with E-state index in [0.717, 1.165) is 24.3 Å². The number of ether oxygens (including phenoxy) is 3. The lowest BCUT2D eigenvalue weighted by molar-refractivity contribution is 0.0397. The molecule has 6 aromatic heterocycles. The van der Waals surface area contributed by atoms with E-state index in [4.69, 9.17) is 47.4 Å². The number of aromatic nitrogens is 8. The molecular weight excluding hydrogens is 1140 g/mol. The quantitative estimate of drug-likeness (QED) is 0.0408. The van der Waals surface area contributed by atoms with Gasteiger partial charge < -0.3 is 23.3 Å². The topological polar surface area (TPSA) is 149 Å². The maximum Gasteiger partial charge on any atom is 0.346 e. The Morgan fingerprint density at radius 3 is 1.37 bits per heavy atom. The lowest BCUT2D eigenvalue weighted by Gasteiger charge is -2.16. The van der Waals surface area contributed by atoms with Crippen molar-refractivity contribution in [3.05, 3.63) is 185 Å². The van der Waals surface area contributed by atoms with Gasteiger partial charge in [-0.25, -0.2) is 57.1 Å². The van der Waals surface area contributed by atoms with Gasteiger partial charge in [0.25, 0.3) is 0 Å². The Labute approximate surface area is 475 Å². The van der Waals surface area contributed by atoms with Gasteiger partial charge in [0.2, 0.25) is 11.8 Å². The molecule has 12 rings (SSSR count). The summed E-state index contributed by atoms with van der Waals surface area (Å²) in [6.07, 6.45) is 4.88. The first kappa shape index (κ1) is 53.9. The number of esters is 2. The van der Waals surface area contributed by atoms with Crippen LogP contribution in [0.25, 0.3) is 44.6 Å². The highest BCUT2D eigenvalue weighted by atomic mass is 35.5. The van der Waals surface area contributed by atoms with Crippen LogP contribution in [0.3, 0.4) is 0 Å². The zero-order valence-electron chi connectivity index (χ0n) is 42.3. The number of hydrogen-bond donors (Lipinski definition) is 0. The number of rotatable bonds is 20. The number of fused-ring (bicyclic) bond motifs is 2. The highest BCUT2D eigenvalue weighted by Gasteiger charge is 2.45. The molecule has 23 heteroatoms. The van der Waals surface area contributed by atoms with Crippen LogP contribution in [0, 0.1) is 34.1 Å². The highest BCUT2D eigenvalue weighted by Crippen LogP contribution is 2.49. The van der Waals surface area contributed by atoms with E-state index in [1.807, 2.05) is 0 Å². The number of nitrogens with zero attached hydrogens (tertiary/aromatic N) is 8. The van der Waals surface area contributed by atoms with Gasteiger partial charge in [-0.05, 0) is 110 Å². The molecule has 412 valence electrons. The second-order valence-corrected chi connectivity index (χ2v) is 23.7. The summed E-state index contributed by atoms with van der Waals surface area (Å²) < 4.78 is 114. The number of alkyl halides is 2. The number of benzene rings is 4. The third-order valence-electron chi connectivity index (χ3n) is 14.5. The molecule has 0 atom stereocenters. The molecule has 0 spiro atoms. The van der Waals surface area contributed by atoms with Crippen molar-refractivity contribution in [2.45, 2.75) is 64.8 Å². The summed E-state index contributed by atoms with van der Waals surface area (Å²) in [5.41, 5.74) is -0.0778. The van der Waals surface area contributed by atoms with Crippen molar-refractivity contribution >= 4 is 79.9 Å². The molecule has 0 radical (unpaired) electrons. The molecule has 2 saturated carbocycles. The van der Waals surface area contributed by atoms with E-state index in [1.165, 1.54) is 83.6 Å². The first-order valence-corrected chi connectivity index (χ1v) is 27.8. The number of thiazole rings is 2. The van der Waals surface area contributed by atoms with E-state index in [9.17, 15) is 18.4 Å². The van der Waals surface area contributed by atoms with Gasteiger partial charge in [0.05, 0.1) is 70.3 Å². The number of hydrogen-bond acceptors (Lipinski definition) is 13. The Morgan fingerprint density at radius 2 is 0.988 bits per heavy atom. The van der Waals surface area contributed by atoms with Crippen LogP contribution in [0.4, 0.5) is 26.3 Å². The predicted octanol–water partition coefficient (Wildman–Crippen LogP) is 14.1. The molecule has 13 nitrogen and oxygen atoms in total. The van der Waals surface area contributed by atoms with Crippen LogP contribution in [0.5, 0.6) is 11.8 Å². The summed E-state index contributed by atoms with van der Waals surface area (Å²) in [6, 6.07) is 22.4. The third kappa shape index (κ3) is 11.5. The second kappa shape index (κ2) is 22.0. The fourth-order valence-corrected chi connectivity index (χ4v) is 11.3. The summed E-state index contributed by atoms with van der Waals surface area (Å²) in [6.45, 7) is -0.899. The largest absolute Gasteiger partial charge is 0.470 e. The summed E-state index contributed by atoms with van der Waals surface area (Å²) in [5.74, 6) is -4.17. The van der Waals surface area contributed by atoms with Gasteiger partial charge in [-0.2, -0.15) is 0 Å². The molecule has 2 aliphatic rings. The van der Waals surface area contributed by atoms with Crippen molar-refractivity contribution in [3.63, 3.8) is 0 Å². The van der Waals surface area contributed by atoms with Crippen LogP contribution in [0.1, 0.15) is 79.2 Å². The average Bonchev–Trinajstić information content (AvgIpc) is 4.39. The molecule has 4 aromatic carbocycles. The van der Waals surface area contributed by atoms with Crippen molar-refractivity contribution in [1.82, 2.24) is 39.0 Å². The van der Waals surface area contributed by atoms with Gasteiger partial charge in [-0.1, -0.05) is 35.3 Å². The SMILES string of the molecule is O=C(OC(=O)c1ccc2nc(Cc3cc(F)c(-c4cccc(OCc5ncc(Cl)s5)n4)cc3F)n(CC3(CF)CC3)c2c1)c1ccc2nc(Cc3cc(F)c(-c4cccc(OCc5ncc(Cl)s5)n4)cc3F)n(CC3(CF)CC3)c2c1. The van der Waals surface area contributed by atoms with E-state index >= 15 is 17.6 Å². The second-order valence-electron chi connectivity index (χ2n) is 20.2. The summed E-state index contributed by atoms with van der Waals surface area (Å²) >= 11 is 14.4. The minimum atomic E-state index is -1.03. The van der Waals surface area contributed by atoms with Crippen LogP contribution in [-0.2, 0) is 43.9 Å². The van der Waals surface area contributed by atoms with Crippen LogP contribution in [-0.4, -0.2) is 64.3 Å². The molecule has 0 N–H and O–H groups in total. The molecule has 0 unspecified atom stereocenters. The van der Waals surface area contributed by atoms with Crippen LogP contribution in [0.15, 0.2) is 109 Å². The van der Waals surface area contributed by atoms with Crippen molar-refractivity contribution < 1.29 is 50.1 Å². The van der Waals surface area contributed by atoms with E-state index in [2.05, 4.69) is 19.9 Å². The number of carbonyl (C=O) groups excluding carboxylic acids is 2. The maximum absolute atomic E-state index is 16.1. The van der Waals surface area contributed by atoms with Crippen LogP contribution >= 0.6 is 45.9 Å². The van der Waals surface area contributed by atoms with Crippen LogP contribution < -0.4 is 9.47 Å². The summed E-state index contributed by atoms with van der Waals surface area (Å²) in [5, 5.41) is 1.21. The van der Waals surface area contributed by atoms with Gasteiger partial charge in [0.1, 0.15) is 66.8 Å². The van der Waals surface area contributed by atoms with Crippen molar-refractivity contribution in [3.8, 4) is 34.3 Å². The molecule has 0 amide bonds. The molecule has 10 aromatic rings. The number of imidazole rings is 2. The number of pyridine rings is 2. The maximum atomic E-state index is 16.1. The Bertz CT molecular complexity index is 3850. The normalized spacial score (nSPS) is 14.2. The molecule has 0 aliphatic heterocycles. The van der Waals surface area contributed by atoms with Gasteiger partial charge >= 0.3 is 11.9 Å². The molecule has 2 aliphatic carbocycles. The smallest absolute Gasteiger partial charge is 0.346 e. The monoisotopic (exact) mass is 1180 g/mol. The van der Waals surface area contributed by atoms with Gasteiger partial charge in [-0.3, -0.25) is 8.78 Å². The van der Waals surface area contributed by atoms with Gasteiger partial charge in [0.15, 0.2) is 0 Å².